The van der Waals surface area contributed by atoms with E-state index in [1.54, 1.807) is 13.0 Å². The van der Waals surface area contributed by atoms with Gasteiger partial charge in [0, 0.05) is 26.6 Å². The number of hydrogen-bond donors (Lipinski definition) is 2. The number of benzene rings is 1. The molecule has 2 rings (SSSR count). The van der Waals surface area contributed by atoms with Gasteiger partial charge in [-0.3, -0.25) is 4.79 Å². The zero-order valence-electron chi connectivity index (χ0n) is 14.4. The molecule has 0 saturated heterocycles. The first kappa shape index (κ1) is 19.4. The van der Waals surface area contributed by atoms with Crippen molar-refractivity contribution in [2.75, 3.05) is 13.7 Å². The quantitative estimate of drug-likeness (QED) is 0.664. The van der Waals surface area contributed by atoms with Gasteiger partial charge in [-0.15, -0.1) is 5.10 Å². The van der Waals surface area contributed by atoms with E-state index >= 15 is 0 Å². The van der Waals surface area contributed by atoms with E-state index < -0.39 is 29.8 Å². The average Bonchev–Trinajstić information content (AvgIpc) is 3.01. The molecule has 2 N–H and O–H groups in total. The van der Waals surface area contributed by atoms with E-state index in [1.807, 2.05) is 0 Å². The summed E-state index contributed by atoms with van der Waals surface area (Å²) in [5.74, 6) is -1.80. The van der Waals surface area contributed by atoms with Crippen molar-refractivity contribution in [2.24, 2.45) is 0 Å². The maximum Gasteiger partial charge on any atom is 0.326 e. The number of aromatic nitrogens is 4. The van der Waals surface area contributed by atoms with Crippen LogP contribution in [0.5, 0.6) is 0 Å². The lowest BCUT2D eigenvalue weighted by Crippen LogP contribution is -2.45. The summed E-state index contributed by atoms with van der Waals surface area (Å²) < 4.78 is 19.6. The molecule has 0 fully saturated rings. The van der Waals surface area contributed by atoms with Crippen LogP contribution in [0.2, 0.25) is 0 Å². The van der Waals surface area contributed by atoms with Crippen molar-refractivity contribution >= 4 is 11.9 Å². The van der Waals surface area contributed by atoms with Gasteiger partial charge in [0.25, 0.3) is 0 Å². The molecule has 1 amide bonds. The number of aliphatic carboxylic acids is 1. The van der Waals surface area contributed by atoms with E-state index in [0.717, 1.165) is 0 Å². The van der Waals surface area contributed by atoms with Crippen LogP contribution in [0.15, 0.2) is 24.3 Å². The van der Waals surface area contributed by atoms with Crippen molar-refractivity contribution in [3.63, 3.8) is 0 Å². The third-order valence-corrected chi connectivity index (χ3v) is 3.80. The fourth-order valence-corrected chi connectivity index (χ4v) is 2.46. The number of carboxylic acids is 1. The van der Waals surface area contributed by atoms with Gasteiger partial charge < -0.3 is 15.2 Å². The Morgan fingerprint density at radius 1 is 1.42 bits per heavy atom. The van der Waals surface area contributed by atoms with Crippen molar-refractivity contribution < 1.29 is 23.8 Å². The van der Waals surface area contributed by atoms with E-state index in [2.05, 4.69) is 20.8 Å². The highest BCUT2D eigenvalue weighted by atomic mass is 19.1. The normalized spacial score (nSPS) is 13.2. The number of rotatable bonds is 9. The summed E-state index contributed by atoms with van der Waals surface area (Å²) in [6.07, 6.45) is 0.213. The van der Waals surface area contributed by atoms with E-state index in [9.17, 15) is 19.1 Å². The molecule has 26 heavy (non-hydrogen) atoms. The lowest BCUT2D eigenvalue weighted by Gasteiger charge is -2.21. The number of ether oxygens (including phenoxy) is 1. The summed E-state index contributed by atoms with van der Waals surface area (Å²) >= 11 is 0. The Hall–Kier alpha value is -2.88. The Bertz CT molecular complexity index is 767. The van der Waals surface area contributed by atoms with Crippen LogP contribution >= 0.6 is 0 Å². The highest BCUT2D eigenvalue weighted by Crippen LogP contribution is 2.16. The fourth-order valence-electron chi connectivity index (χ4n) is 2.46. The van der Waals surface area contributed by atoms with E-state index in [1.165, 1.54) is 30.0 Å². The number of nitrogens with zero attached hydrogens (tertiary/aromatic N) is 4. The Morgan fingerprint density at radius 2 is 2.19 bits per heavy atom. The SMILES string of the molecule is COCCC(NC(=O)C(Cc1cccc(F)c1)n1nnnc1C)C(=O)O. The molecule has 1 heterocycles. The smallest absolute Gasteiger partial charge is 0.326 e. The first-order chi connectivity index (χ1) is 12.4. The lowest BCUT2D eigenvalue weighted by molar-refractivity contribution is -0.142. The van der Waals surface area contributed by atoms with Crippen molar-refractivity contribution in [2.45, 2.75) is 31.8 Å². The Balaban J connectivity index is 2.24. The molecule has 0 aliphatic carbocycles. The standard InChI is InChI=1S/C16H20FN5O4/c1-10-19-20-21-22(10)14(9-11-4-3-5-12(17)8-11)15(23)18-13(16(24)25)6-7-26-2/h3-5,8,13-14H,6-7,9H2,1-2H3,(H,18,23)(H,24,25). The number of carboxylic acid groups (broad SMARTS) is 1. The van der Waals surface area contributed by atoms with Crippen LogP contribution in [0.3, 0.4) is 0 Å². The second-order valence-electron chi connectivity index (χ2n) is 5.70. The molecule has 0 saturated carbocycles. The molecule has 9 nitrogen and oxygen atoms in total. The van der Waals surface area contributed by atoms with Crippen LogP contribution in [0, 0.1) is 12.7 Å². The fraction of sp³-hybridized carbons (Fsp3) is 0.438. The molecule has 0 radical (unpaired) electrons. The van der Waals surface area contributed by atoms with E-state index in [0.29, 0.717) is 11.4 Å². The van der Waals surface area contributed by atoms with Crippen molar-refractivity contribution in [3.8, 4) is 0 Å². The predicted octanol–water partition coefficient (Wildman–Crippen LogP) is 0.510. The van der Waals surface area contributed by atoms with Gasteiger partial charge in [0.05, 0.1) is 0 Å². The molecule has 2 aromatic rings. The maximum atomic E-state index is 13.5. The second kappa shape index (κ2) is 8.99. The molecular formula is C16H20FN5O4. The Morgan fingerprint density at radius 3 is 2.77 bits per heavy atom. The van der Waals surface area contributed by atoms with Crippen LogP contribution in [0.4, 0.5) is 4.39 Å². The number of hydrogen-bond acceptors (Lipinski definition) is 6. The average molecular weight is 365 g/mol. The minimum absolute atomic E-state index is 0.103. The number of aryl methyl sites for hydroxylation is 1. The number of carbonyl (C=O) groups excluding carboxylic acids is 1. The van der Waals surface area contributed by atoms with Gasteiger partial charge >= 0.3 is 5.97 Å². The van der Waals surface area contributed by atoms with E-state index in [4.69, 9.17) is 4.74 Å². The molecule has 0 aliphatic rings. The lowest BCUT2D eigenvalue weighted by atomic mass is 10.0. The molecule has 0 aliphatic heterocycles. The van der Waals surface area contributed by atoms with Gasteiger partial charge in [-0.1, -0.05) is 12.1 Å². The number of halogens is 1. The highest BCUT2D eigenvalue weighted by molar-refractivity contribution is 5.86. The second-order valence-corrected chi connectivity index (χ2v) is 5.70. The summed E-state index contributed by atoms with van der Waals surface area (Å²) in [6.45, 7) is 1.79. The minimum atomic E-state index is -1.17. The first-order valence-corrected chi connectivity index (χ1v) is 7.93. The van der Waals surface area contributed by atoms with Crippen LogP contribution in [-0.2, 0) is 20.7 Å². The summed E-state index contributed by atoms with van der Waals surface area (Å²) in [7, 11) is 1.44. The van der Waals surface area contributed by atoms with Crippen LogP contribution in [0.1, 0.15) is 23.9 Å². The van der Waals surface area contributed by atoms with Crippen molar-refractivity contribution in [3.05, 3.63) is 41.5 Å². The zero-order valence-corrected chi connectivity index (χ0v) is 14.4. The van der Waals surface area contributed by atoms with Gasteiger partial charge in [0.15, 0.2) is 0 Å². The van der Waals surface area contributed by atoms with Gasteiger partial charge in [0.1, 0.15) is 23.7 Å². The summed E-state index contributed by atoms with van der Waals surface area (Å²) in [6, 6.07) is 3.77. The molecular weight excluding hydrogens is 345 g/mol. The summed E-state index contributed by atoms with van der Waals surface area (Å²) in [5.41, 5.74) is 0.559. The van der Waals surface area contributed by atoms with Gasteiger partial charge in [-0.05, 0) is 35.0 Å². The molecule has 2 atom stereocenters. The number of carbonyl (C=O) groups is 2. The minimum Gasteiger partial charge on any atom is -0.480 e. The summed E-state index contributed by atoms with van der Waals surface area (Å²) in [4.78, 5) is 24.1. The predicted molar refractivity (Wildman–Crippen MR) is 87.8 cm³/mol. The molecule has 1 aromatic carbocycles. The van der Waals surface area contributed by atoms with Gasteiger partial charge in [0.2, 0.25) is 5.91 Å². The zero-order chi connectivity index (χ0) is 19.1. The number of tetrazole rings is 1. The van der Waals surface area contributed by atoms with Crippen molar-refractivity contribution in [1.29, 1.82) is 0 Å². The number of methoxy groups -OCH3 is 1. The van der Waals surface area contributed by atoms with Gasteiger partial charge in [-0.2, -0.15) is 0 Å². The van der Waals surface area contributed by atoms with Crippen LogP contribution < -0.4 is 5.32 Å². The highest BCUT2D eigenvalue weighted by Gasteiger charge is 2.28. The topological polar surface area (TPSA) is 119 Å². The molecule has 140 valence electrons. The molecule has 0 bridgehead atoms. The molecule has 0 spiro atoms. The first-order valence-electron chi connectivity index (χ1n) is 7.93. The van der Waals surface area contributed by atoms with Crippen molar-refractivity contribution in [1.82, 2.24) is 25.5 Å². The largest absolute Gasteiger partial charge is 0.480 e. The Kier molecular flexibility index (Phi) is 6.73. The molecule has 2 unspecified atom stereocenters. The van der Waals surface area contributed by atoms with Crippen LogP contribution in [0.25, 0.3) is 0 Å². The third kappa shape index (κ3) is 5.06. The molecule has 1 aromatic heterocycles. The van der Waals surface area contributed by atoms with E-state index in [-0.39, 0.29) is 19.4 Å². The maximum absolute atomic E-state index is 13.5. The molecule has 10 heteroatoms. The number of amides is 1. The van der Waals surface area contributed by atoms with Gasteiger partial charge in [-0.25, -0.2) is 13.9 Å². The monoisotopic (exact) mass is 365 g/mol. The van der Waals surface area contributed by atoms with Crippen LogP contribution in [-0.4, -0.2) is 56.9 Å². The Labute approximate surface area is 149 Å². The summed E-state index contributed by atoms with van der Waals surface area (Å²) in [5, 5.41) is 22.8. The third-order valence-electron chi connectivity index (χ3n) is 3.80. The number of nitrogens with one attached hydrogen (secondary N) is 1.